The van der Waals surface area contributed by atoms with E-state index in [-0.39, 0.29) is 0 Å². The summed E-state index contributed by atoms with van der Waals surface area (Å²) in [6.45, 7) is 0. The second-order valence-electron chi connectivity index (χ2n) is 3.21. The lowest BCUT2D eigenvalue weighted by molar-refractivity contribution is -0.0436. The van der Waals surface area contributed by atoms with Crippen molar-refractivity contribution in [3.8, 4) is 0 Å². The van der Waals surface area contributed by atoms with Crippen LogP contribution in [0.2, 0.25) is 0 Å². The first-order chi connectivity index (χ1) is 5.62. The van der Waals surface area contributed by atoms with Gasteiger partial charge in [-0.25, -0.2) is 0 Å². The summed E-state index contributed by atoms with van der Waals surface area (Å²) in [5.74, 6) is 0. The standard InChI is InChI=1S/C7H10BrN3O/c1-11-9-5(6(8)10-11)7(12)3-2-4-7/h12H,2-4H2,1H3. The number of rotatable bonds is 1. The van der Waals surface area contributed by atoms with Gasteiger partial charge in [-0.3, -0.25) is 0 Å². The summed E-state index contributed by atoms with van der Waals surface area (Å²) in [4.78, 5) is 1.47. The SMILES string of the molecule is Cn1nc(Br)c(C2(O)CCC2)n1. The van der Waals surface area contributed by atoms with Crippen molar-refractivity contribution in [2.75, 3.05) is 0 Å². The zero-order valence-corrected chi connectivity index (χ0v) is 8.37. The third-order valence-corrected chi connectivity index (χ3v) is 2.83. The van der Waals surface area contributed by atoms with Crippen LogP contribution in [0.1, 0.15) is 25.0 Å². The first-order valence-corrected chi connectivity index (χ1v) is 4.71. The minimum absolute atomic E-state index is 0.659. The van der Waals surface area contributed by atoms with Crippen LogP contribution in [0.3, 0.4) is 0 Å². The van der Waals surface area contributed by atoms with E-state index in [1.165, 1.54) is 4.80 Å². The summed E-state index contributed by atoms with van der Waals surface area (Å²) >= 11 is 3.27. The number of aryl methyl sites for hydroxylation is 1. The number of nitrogens with zero attached hydrogens (tertiary/aromatic N) is 3. The van der Waals surface area contributed by atoms with Crippen LogP contribution in [-0.2, 0) is 12.6 Å². The molecule has 1 saturated carbocycles. The van der Waals surface area contributed by atoms with Crippen LogP contribution in [0.5, 0.6) is 0 Å². The van der Waals surface area contributed by atoms with Gasteiger partial charge < -0.3 is 5.11 Å². The molecule has 5 heteroatoms. The summed E-state index contributed by atoms with van der Waals surface area (Å²) in [5, 5.41) is 18.1. The normalized spacial score (nSPS) is 20.6. The highest BCUT2D eigenvalue weighted by Crippen LogP contribution is 2.42. The fourth-order valence-electron chi connectivity index (χ4n) is 1.42. The maximum absolute atomic E-state index is 9.93. The highest BCUT2D eigenvalue weighted by molar-refractivity contribution is 9.10. The third kappa shape index (κ3) is 1.08. The Morgan fingerprint density at radius 3 is 2.50 bits per heavy atom. The van der Waals surface area contributed by atoms with Gasteiger partial charge in [-0.15, -0.1) is 5.10 Å². The second-order valence-corrected chi connectivity index (χ2v) is 3.97. The van der Waals surface area contributed by atoms with Gasteiger partial charge >= 0.3 is 0 Å². The molecule has 0 saturated heterocycles. The molecule has 1 aliphatic rings. The second kappa shape index (κ2) is 2.53. The molecule has 1 aromatic heterocycles. The molecule has 0 unspecified atom stereocenters. The van der Waals surface area contributed by atoms with Gasteiger partial charge in [0.2, 0.25) is 0 Å². The van der Waals surface area contributed by atoms with Gasteiger partial charge in [0.15, 0.2) is 4.60 Å². The zero-order chi connectivity index (χ0) is 8.77. The lowest BCUT2D eigenvalue weighted by atomic mass is 9.78. The van der Waals surface area contributed by atoms with E-state index in [0.29, 0.717) is 10.3 Å². The summed E-state index contributed by atoms with van der Waals surface area (Å²) in [5.41, 5.74) is -0.0381. The number of hydrogen-bond donors (Lipinski definition) is 1. The number of aliphatic hydroxyl groups is 1. The van der Waals surface area contributed by atoms with E-state index in [1.54, 1.807) is 7.05 Å². The fraction of sp³-hybridized carbons (Fsp3) is 0.714. The Bertz CT molecular complexity index is 306. The number of halogens is 1. The summed E-state index contributed by atoms with van der Waals surface area (Å²) < 4.78 is 0.659. The van der Waals surface area contributed by atoms with Gasteiger partial charge in [0.1, 0.15) is 11.3 Å². The molecule has 0 bridgehead atoms. The van der Waals surface area contributed by atoms with Crippen LogP contribution >= 0.6 is 15.9 Å². The summed E-state index contributed by atoms with van der Waals surface area (Å²) in [6, 6.07) is 0. The van der Waals surface area contributed by atoms with E-state index >= 15 is 0 Å². The molecular weight excluding hydrogens is 222 g/mol. The zero-order valence-electron chi connectivity index (χ0n) is 6.79. The Hall–Kier alpha value is -0.420. The first kappa shape index (κ1) is 8.19. The highest BCUT2D eigenvalue weighted by atomic mass is 79.9. The topological polar surface area (TPSA) is 50.9 Å². The smallest absolute Gasteiger partial charge is 0.154 e. The first-order valence-electron chi connectivity index (χ1n) is 3.91. The van der Waals surface area contributed by atoms with Gasteiger partial charge in [-0.05, 0) is 35.2 Å². The number of aromatic nitrogens is 3. The van der Waals surface area contributed by atoms with Gasteiger partial charge in [0.25, 0.3) is 0 Å². The van der Waals surface area contributed by atoms with E-state index < -0.39 is 5.60 Å². The molecule has 66 valence electrons. The van der Waals surface area contributed by atoms with Crippen LogP contribution in [0.25, 0.3) is 0 Å². The predicted molar refractivity (Wildman–Crippen MR) is 46.5 cm³/mol. The Labute approximate surface area is 78.7 Å². The van der Waals surface area contributed by atoms with E-state index in [0.717, 1.165) is 19.3 Å². The van der Waals surface area contributed by atoms with E-state index in [4.69, 9.17) is 0 Å². The van der Waals surface area contributed by atoms with Crippen LogP contribution in [0, 0.1) is 0 Å². The monoisotopic (exact) mass is 231 g/mol. The van der Waals surface area contributed by atoms with Crippen LogP contribution in [-0.4, -0.2) is 20.1 Å². The lowest BCUT2D eigenvalue weighted by Crippen LogP contribution is -2.34. The van der Waals surface area contributed by atoms with Gasteiger partial charge in [0.05, 0.1) is 0 Å². The van der Waals surface area contributed by atoms with Crippen molar-refractivity contribution in [3.63, 3.8) is 0 Å². The largest absolute Gasteiger partial charge is 0.383 e. The molecule has 1 fully saturated rings. The molecule has 1 aromatic rings. The molecule has 0 amide bonds. The molecular formula is C7H10BrN3O. The fourth-order valence-corrected chi connectivity index (χ4v) is 2.09. The maximum Gasteiger partial charge on any atom is 0.154 e. The molecule has 1 heterocycles. The lowest BCUT2D eigenvalue weighted by Gasteiger charge is -2.34. The summed E-state index contributed by atoms with van der Waals surface area (Å²) in [7, 11) is 1.75. The van der Waals surface area contributed by atoms with Gasteiger partial charge in [-0.2, -0.15) is 9.90 Å². The minimum atomic E-state index is -0.715. The van der Waals surface area contributed by atoms with Crippen molar-refractivity contribution in [1.29, 1.82) is 0 Å². The van der Waals surface area contributed by atoms with Crippen molar-refractivity contribution in [1.82, 2.24) is 15.0 Å². The molecule has 2 rings (SSSR count). The van der Waals surface area contributed by atoms with E-state index in [2.05, 4.69) is 26.1 Å². The van der Waals surface area contributed by atoms with E-state index in [9.17, 15) is 5.11 Å². The molecule has 0 radical (unpaired) electrons. The quantitative estimate of drug-likeness (QED) is 0.784. The minimum Gasteiger partial charge on any atom is -0.383 e. The molecule has 0 aliphatic heterocycles. The van der Waals surface area contributed by atoms with Crippen molar-refractivity contribution < 1.29 is 5.11 Å². The number of hydrogen-bond acceptors (Lipinski definition) is 3. The van der Waals surface area contributed by atoms with E-state index in [1.807, 2.05) is 0 Å². The third-order valence-electron chi connectivity index (χ3n) is 2.29. The van der Waals surface area contributed by atoms with Crippen molar-refractivity contribution in [2.24, 2.45) is 7.05 Å². The Kier molecular flexibility index (Phi) is 1.73. The Morgan fingerprint density at radius 1 is 1.50 bits per heavy atom. The van der Waals surface area contributed by atoms with Crippen molar-refractivity contribution in [2.45, 2.75) is 24.9 Å². The molecule has 0 aromatic carbocycles. The molecule has 1 aliphatic carbocycles. The summed E-state index contributed by atoms with van der Waals surface area (Å²) in [6.07, 6.45) is 2.66. The van der Waals surface area contributed by atoms with Crippen LogP contribution in [0.4, 0.5) is 0 Å². The van der Waals surface area contributed by atoms with Gasteiger partial charge in [-0.1, -0.05) is 0 Å². The molecule has 12 heavy (non-hydrogen) atoms. The molecule has 1 N–H and O–H groups in total. The Balaban J connectivity index is 2.38. The Morgan fingerprint density at radius 2 is 2.17 bits per heavy atom. The molecule has 0 atom stereocenters. The van der Waals surface area contributed by atoms with Crippen LogP contribution < -0.4 is 0 Å². The molecule has 0 spiro atoms. The van der Waals surface area contributed by atoms with Crippen molar-refractivity contribution >= 4 is 15.9 Å². The predicted octanol–water partition coefficient (Wildman–Crippen LogP) is 0.949. The average Bonchev–Trinajstić information content (AvgIpc) is 2.25. The molecule has 4 nitrogen and oxygen atoms in total. The highest BCUT2D eigenvalue weighted by Gasteiger charge is 2.40. The van der Waals surface area contributed by atoms with Crippen LogP contribution in [0.15, 0.2) is 4.60 Å². The van der Waals surface area contributed by atoms with Crippen molar-refractivity contribution in [3.05, 3.63) is 10.3 Å². The van der Waals surface area contributed by atoms with Gasteiger partial charge in [0, 0.05) is 7.05 Å². The average molecular weight is 232 g/mol. The maximum atomic E-state index is 9.93.